The standard InChI is InChI=1S/C15H24N2O/c1-10-7-13(15(18-3)8-11(10)2)14(16)9-12-5-4-6-17-12/h7-8,12,14,17H,4-6,9,16H2,1-3H3. The van der Waals surface area contributed by atoms with E-state index in [1.54, 1.807) is 7.11 Å². The third-order valence-electron chi connectivity index (χ3n) is 3.95. The van der Waals surface area contributed by atoms with E-state index < -0.39 is 0 Å². The molecule has 1 aliphatic heterocycles. The summed E-state index contributed by atoms with van der Waals surface area (Å²) in [7, 11) is 1.72. The van der Waals surface area contributed by atoms with Crippen molar-refractivity contribution >= 4 is 0 Å². The minimum absolute atomic E-state index is 0.0508. The molecule has 2 unspecified atom stereocenters. The summed E-state index contributed by atoms with van der Waals surface area (Å²) in [6, 6.07) is 4.88. The van der Waals surface area contributed by atoms with Crippen molar-refractivity contribution in [2.75, 3.05) is 13.7 Å². The topological polar surface area (TPSA) is 47.3 Å². The molecule has 0 aromatic heterocycles. The molecule has 0 radical (unpaired) electrons. The molecule has 0 spiro atoms. The number of ether oxygens (including phenoxy) is 1. The van der Waals surface area contributed by atoms with E-state index in [2.05, 4.69) is 31.3 Å². The fourth-order valence-corrected chi connectivity index (χ4v) is 2.67. The Bertz CT molecular complexity index is 411. The summed E-state index contributed by atoms with van der Waals surface area (Å²) >= 11 is 0. The van der Waals surface area contributed by atoms with Crippen molar-refractivity contribution in [2.24, 2.45) is 5.73 Å². The summed E-state index contributed by atoms with van der Waals surface area (Å²) in [6.07, 6.45) is 3.49. The maximum absolute atomic E-state index is 6.35. The molecule has 100 valence electrons. The average Bonchev–Trinajstić information content (AvgIpc) is 2.84. The van der Waals surface area contributed by atoms with Crippen LogP contribution in [0.2, 0.25) is 0 Å². The largest absolute Gasteiger partial charge is 0.496 e. The molecule has 2 rings (SSSR count). The molecule has 18 heavy (non-hydrogen) atoms. The number of methoxy groups -OCH3 is 1. The van der Waals surface area contributed by atoms with E-state index in [1.165, 1.54) is 24.0 Å². The molecule has 1 fully saturated rings. The predicted molar refractivity (Wildman–Crippen MR) is 75.0 cm³/mol. The molecule has 1 aliphatic rings. The van der Waals surface area contributed by atoms with Gasteiger partial charge in [-0.25, -0.2) is 0 Å². The smallest absolute Gasteiger partial charge is 0.123 e. The highest BCUT2D eigenvalue weighted by Gasteiger charge is 2.20. The Morgan fingerprint density at radius 1 is 1.39 bits per heavy atom. The van der Waals surface area contributed by atoms with Gasteiger partial charge in [-0.15, -0.1) is 0 Å². The van der Waals surface area contributed by atoms with E-state index in [-0.39, 0.29) is 6.04 Å². The molecule has 1 saturated heterocycles. The van der Waals surface area contributed by atoms with E-state index in [4.69, 9.17) is 10.5 Å². The van der Waals surface area contributed by atoms with E-state index >= 15 is 0 Å². The number of aryl methyl sites for hydroxylation is 2. The fourth-order valence-electron chi connectivity index (χ4n) is 2.67. The second-order valence-corrected chi connectivity index (χ2v) is 5.31. The summed E-state index contributed by atoms with van der Waals surface area (Å²) in [4.78, 5) is 0. The van der Waals surface area contributed by atoms with Gasteiger partial charge in [0.1, 0.15) is 5.75 Å². The van der Waals surface area contributed by atoms with Crippen LogP contribution < -0.4 is 15.8 Å². The Balaban J connectivity index is 2.17. The first-order valence-electron chi connectivity index (χ1n) is 6.76. The van der Waals surface area contributed by atoms with Crippen molar-refractivity contribution in [3.8, 4) is 5.75 Å². The van der Waals surface area contributed by atoms with Crippen molar-refractivity contribution in [3.63, 3.8) is 0 Å². The Morgan fingerprint density at radius 2 is 2.11 bits per heavy atom. The Labute approximate surface area is 110 Å². The maximum Gasteiger partial charge on any atom is 0.123 e. The monoisotopic (exact) mass is 248 g/mol. The fraction of sp³-hybridized carbons (Fsp3) is 0.600. The molecule has 3 N–H and O–H groups in total. The van der Waals surface area contributed by atoms with Crippen LogP contribution in [0.25, 0.3) is 0 Å². The molecule has 1 heterocycles. The summed E-state index contributed by atoms with van der Waals surface area (Å²) in [6.45, 7) is 5.35. The minimum Gasteiger partial charge on any atom is -0.496 e. The first-order valence-corrected chi connectivity index (χ1v) is 6.76. The lowest BCUT2D eigenvalue weighted by molar-refractivity contribution is 0.399. The summed E-state index contributed by atoms with van der Waals surface area (Å²) in [5, 5.41) is 3.50. The van der Waals surface area contributed by atoms with Crippen LogP contribution in [-0.4, -0.2) is 19.7 Å². The first-order chi connectivity index (χ1) is 8.61. The van der Waals surface area contributed by atoms with Crippen LogP contribution in [0, 0.1) is 13.8 Å². The van der Waals surface area contributed by atoms with Crippen LogP contribution in [0.1, 0.15) is 42.0 Å². The zero-order valence-electron chi connectivity index (χ0n) is 11.6. The van der Waals surface area contributed by atoms with E-state index in [1.807, 2.05) is 0 Å². The van der Waals surface area contributed by atoms with Gasteiger partial charge in [-0.05, 0) is 56.8 Å². The third-order valence-corrected chi connectivity index (χ3v) is 3.95. The molecular formula is C15H24N2O. The van der Waals surface area contributed by atoms with Crippen LogP contribution in [-0.2, 0) is 0 Å². The number of hydrogen-bond donors (Lipinski definition) is 2. The van der Waals surface area contributed by atoms with Gasteiger partial charge >= 0.3 is 0 Å². The molecule has 0 bridgehead atoms. The number of nitrogens with one attached hydrogen (secondary N) is 1. The van der Waals surface area contributed by atoms with Gasteiger partial charge in [0.05, 0.1) is 7.11 Å². The van der Waals surface area contributed by atoms with Crippen LogP contribution in [0.15, 0.2) is 12.1 Å². The van der Waals surface area contributed by atoms with Gasteiger partial charge < -0.3 is 15.8 Å². The van der Waals surface area contributed by atoms with Gasteiger partial charge in [0.25, 0.3) is 0 Å². The van der Waals surface area contributed by atoms with Gasteiger partial charge in [0.2, 0.25) is 0 Å². The summed E-state index contributed by atoms with van der Waals surface area (Å²) in [5.41, 5.74) is 10.0. The molecular weight excluding hydrogens is 224 g/mol. The minimum atomic E-state index is 0.0508. The average molecular weight is 248 g/mol. The van der Waals surface area contributed by atoms with Crippen molar-refractivity contribution in [3.05, 3.63) is 28.8 Å². The highest BCUT2D eigenvalue weighted by Crippen LogP contribution is 2.30. The van der Waals surface area contributed by atoms with Crippen molar-refractivity contribution in [2.45, 2.75) is 45.2 Å². The van der Waals surface area contributed by atoms with E-state index in [0.29, 0.717) is 6.04 Å². The zero-order valence-corrected chi connectivity index (χ0v) is 11.6. The number of rotatable bonds is 4. The van der Waals surface area contributed by atoms with Gasteiger partial charge in [-0.1, -0.05) is 6.07 Å². The number of nitrogens with two attached hydrogens (primary N) is 1. The third kappa shape index (κ3) is 2.85. The number of hydrogen-bond acceptors (Lipinski definition) is 3. The molecule has 0 saturated carbocycles. The first kappa shape index (κ1) is 13.4. The highest BCUT2D eigenvalue weighted by atomic mass is 16.5. The lowest BCUT2D eigenvalue weighted by Crippen LogP contribution is -2.27. The van der Waals surface area contributed by atoms with Crippen LogP contribution in [0.3, 0.4) is 0 Å². The SMILES string of the molecule is COc1cc(C)c(C)cc1C(N)CC1CCCN1. The van der Waals surface area contributed by atoms with Crippen molar-refractivity contribution in [1.29, 1.82) is 0 Å². The summed E-state index contributed by atoms with van der Waals surface area (Å²) < 4.78 is 5.47. The van der Waals surface area contributed by atoms with Crippen LogP contribution in [0.4, 0.5) is 0 Å². The maximum atomic E-state index is 6.35. The van der Waals surface area contributed by atoms with Gasteiger partial charge in [0.15, 0.2) is 0 Å². The zero-order chi connectivity index (χ0) is 13.1. The Hall–Kier alpha value is -1.06. The van der Waals surface area contributed by atoms with Gasteiger partial charge in [-0.3, -0.25) is 0 Å². The van der Waals surface area contributed by atoms with Gasteiger partial charge in [0, 0.05) is 17.6 Å². The lowest BCUT2D eigenvalue weighted by Gasteiger charge is -2.20. The van der Waals surface area contributed by atoms with Crippen LogP contribution in [0.5, 0.6) is 5.75 Å². The molecule has 3 nitrogen and oxygen atoms in total. The molecule has 3 heteroatoms. The Kier molecular flexibility index (Phi) is 4.25. The normalized spacial score (nSPS) is 21.0. The second kappa shape index (κ2) is 5.72. The van der Waals surface area contributed by atoms with Crippen molar-refractivity contribution < 1.29 is 4.74 Å². The highest BCUT2D eigenvalue weighted by molar-refractivity contribution is 5.43. The molecule has 1 aromatic carbocycles. The van der Waals surface area contributed by atoms with Crippen molar-refractivity contribution in [1.82, 2.24) is 5.32 Å². The molecule has 1 aromatic rings. The molecule has 2 atom stereocenters. The van der Waals surface area contributed by atoms with E-state index in [9.17, 15) is 0 Å². The van der Waals surface area contributed by atoms with Crippen LogP contribution >= 0.6 is 0 Å². The Morgan fingerprint density at radius 3 is 2.72 bits per heavy atom. The molecule has 0 amide bonds. The van der Waals surface area contributed by atoms with Gasteiger partial charge in [-0.2, -0.15) is 0 Å². The summed E-state index contributed by atoms with van der Waals surface area (Å²) in [5.74, 6) is 0.920. The number of benzene rings is 1. The second-order valence-electron chi connectivity index (χ2n) is 5.31. The van der Waals surface area contributed by atoms with E-state index in [0.717, 1.165) is 24.3 Å². The lowest BCUT2D eigenvalue weighted by atomic mass is 9.95. The quantitative estimate of drug-likeness (QED) is 0.860. The molecule has 0 aliphatic carbocycles. The predicted octanol–water partition coefficient (Wildman–Crippen LogP) is 2.45.